The SMILES string of the molecule is Cn1ncc2c(N3CCCC3C3CCCCC3(C)O)ccnc21. The molecule has 0 spiro atoms. The van der Waals surface area contributed by atoms with Gasteiger partial charge in [-0.2, -0.15) is 5.10 Å². The largest absolute Gasteiger partial charge is 0.390 e. The Hall–Kier alpha value is -1.62. The standard InChI is InChI=1S/C18H26N4O/c1-18(23)9-4-3-6-14(18)16-7-5-11-22(16)15-8-10-19-17-13(15)12-20-21(17)2/h8,10,12,14,16,23H,3-7,9,11H2,1-2H3. The zero-order valence-electron chi connectivity index (χ0n) is 14.1. The molecule has 23 heavy (non-hydrogen) atoms. The van der Waals surface area contributed by atoms with Crippen LogP contribution in [0.5, 0.6) is 0 Å². The van der Waals surface area contributed by atoms with Crippen LogP contribution in [0.25, 0.3) is 11.0 Å². The summed E-state index contributed by atoms with van der Waals surface area (Å²) in [7, 11) is 1.94. The fraction of sp³-hybridized carbons (Fsp3) is 0.667. The van der Waals surface area contributed by atoms with E-state index in [9.17, 15) is 5.11 Å². The molecule has 1 aliphatic heterocycles. The molecule has 0 amide bonds. The summed E-state index contributed by atoms with van der Waals surface area (Å²) in [5.74, 6) is 0.360. The van der Waals surface area contributed by atoms with Crippen LogP contribution in [0.15, 0.2) is 18.5 Å². The summed E-state index contributed by atoms with van der Waals surface area (Å²) in [6.45, 7) is 3.10. The smallest absolute Gasteiger partial charge is 0.159 e. The number of rotatable bonds is 2. The van der Waals surface area contributed by atoms with Crippen LogP contribution < -0.4 is 4.90 Å². The molecular formula is C18H26N4O. The van der Waals surface area contributed by atoms with Crippen molar-refractivity contribution in [3.05, 3.63) is 18.5 Å². The predicted molar refractivity (Wildman–Crippen MR) is 91.5 cm³/mol. The highest BCUT2D eigenvalue weighted by molar-refractivity contribution is 5.89. The maximum absolute atomic E-state index is 10.9. The van der Waals surface area contributed by atoms with Crippen LogP contribution in [0, 0.1) is 5.92 Å². The molecule has 3 unspecified atom stereocenters. The van der Waals surface area contributed by atoms with Gasteiger partial charge < -0.3 is 10.0 Å². The third kappa shape index (κ3) is 2.42. The highest BCUT2D eigenvalue weighted by atomic mass is 16.3. The number of aromatic nitrogens is 3. The molecule has 2 aliphatic rings. The van der Waals surface area contributed by atoms with E-state index in [1.807, 2.05) is 31.0 Å². The summed E-state index contributed by atoms with van der Waals surface area (Å²) in [6, 6.07) is 2.54. The fourth-order valence-electron chi connectivity index (χ4n) is 4.74. The summed E-state index contributed by atoms with van der Waals surface area (Å²) in [5.41, 5.74) is 1.63. The lowest BCUT2D eigenvalue weighted by atomic mass is 9.72. The van der Waals surface area contributed by atoms with Crippen LogP contribution in [0.1, 0.15) is 45.4 Å². The zero-order valence-corrected chi connectivity index (χ0v) is 14.1. The van der Waals surface area contributed by atoms with Crippen molar-refractivity contribution in [2.45, 2.75) is 57.1 Å². The Kier molecular flexibility index (Phi) is 3.56. The second kappa shape index (κ2) is 5.48. The minimum atomic E-state index is -0.535. The molecule has 3 atom stereocenters. The second-order valence-electron chi connectivity index (χ2n) is 7.45. The molecule has 124 valence electrons. The van der Waals surface area contributed by atoms with E-state index in [-0.39, 0.29) is 0 Å². The molecular weight excluding hydrogens is 288 g/mol. The molecule has 0 aromatic carbocycles. The number of hydrogen-bond donors (Lipinski definition) is 1. The van der Waals surface area contributed by atoms with Crippen LogP contribution in [-0.2, 0) is 7.05 Å². The second-order valence-corrected chi connectivity index (χ2v) is 7.45. The maximum atomic E-state index is 10.9. The van der Waals surface area contributed by atoms with Crippen LogP contribution in [0.3, 0.4) is 0 Å². The summed E-state index contributed by atoms with van der Waals surface area (Å²) >= 11 is 0. The van der Waals surface area contributed by atoms with Gasteiger partial charge >= 0.3 is 0 Å². The Labute approximate surface area is 137 Å². The molecule has 0 bridgehead atoms. The topological polar surface area (TPSA) is 54.2 Å². The maximum Gasteiger partial charge on any atom is 0.159 e. The molecule has 2 fully saturated rings. The molecule has 5 heteroatoms. The van der Waals surface area contributed by atoms with E-state index in [4.69, 9.17) is 0 Å². The van der Waals surface area contributed by atoms with Crippen molar-refractivity contribution < 1.29 is 5.11 Å². The average Bonchev–Trinajstić information content (AvgIpc) is 3.14. The average molecular weight is 314 g/mol. The highest BCUT2D eigenvalue weighted by Crippen LogP contribution is 2.43. The number of aryl methyl sites for hydroxylation is 1. The monoisotopic (exact) mass is 314 g/mol. The van der Waals surface area contributed by atoms with E-state index < -0.39 is 5.60 Å². The summed E-state index contributed by atoms with van der Waals surface area (Å²) in [5, 5.41) is 16.4. The zero-order chi connectivity index (χ0) is 16.0. The quantitative estimate of drug-likeness (QED) is 0.926. The normalized spacial score (nSPS) is 31.9. The van der Waals surface area contributed by atoms with Gasteiger partial charge in [0.05, 0.1) is 22.9 Å². The molecule has 2 aromatic heterocycles. The first-order valence-corrected chi connectivity index (χ1v) is 8.84. The lowest BCUT2D eigenvalue weighted by Crippen LogP contribution is -2.49. The Morgan fingerprint density at radius 1 is 1.26 bits per heavy atom. The first-order valence-electron chi connectivity index (χ1n) is 8.84. The summed E-state index contributed by atoms with van der Waals surface area (Å²) in [6.07, 6.45) is 10.6. The van der Waals surface area contributed by atoms with Crippen molar-refractivity contribution in [2.75, 3.05) is 11.4 Å². The number of fused-ring (bicyclic) bond motifs is 1. The molecule has 1 saturated heterocycles. The third-order valence-corrected chi connectivity index (χ3v) is 5.93. The number of hydrogen-bond acceptors (Lipinski definition) is 4. The van der Waals surface area contributed by atoms with Gasteiger partial charge in [0.2, 0.25) is 0 Å². The van der Waals surface area contributed by atoms with Crippen LogP contribution in [0.2, 0.25) is 0 Å². The van der Waals surface area contributed by atoms with Gasteiger partial charge in [0.25, 0.3) is 0 Å². The molecule has 4 rings (SSSR count). The molecule has 1 saturated carbocycles. The van der Waals surface area contributed by atoms with Crippen molar-refractivity contribution in [3.8, 4) is 0 Å². The summed E-state index contributed by atoms with van der Waals surface area (Å²) < 4.78 is 1.83. The van der Waals surface area contributed by atoms with Crippen molar-refractivity contribution >= 4 is 16.7 Å². The third-order valence-electron chi connectivity index (χ3n) is 5.93. The molecule has 1 aliphatic carbocycles. The van der Waals surface area contributed by atoms with E-state index in [1.54, 1.807) is 0 Å². The first kappa shape index (κ1) is 14.9. The lowest BCUT2D eigenvalue weighted by Gasteiger charge is -2.44. The minimum absolute atomic E-state index is 0.360. The van der Waals surface area contributed by atoms with Gasteiger partial charge in [0.1, 0.15) is 0 Å². The van der Waals surface area contributed by atoms with Crippen molar-refractivity contribution in [1.29, 1.82) is 0 Å². The Morgan fingerprint density at radius 2 is 2.13 bits per heavy atom. The van der Waals surface area contributed by atoms with Crippen LogP contribution >= 0.6 is 0 Å². The highest BCUT2D eigenvalue weighted by Gasteiger charge is 2.43. The van der Waals surface area contributed by atoms with Crippen LogP contribution in [0.4, 0.5) is 5.69 Å². The van der Waals surface area contributed by atoms with E-state index >= 15 is 0 Å². The van der Waals surface area contributed by atoms with E-state index in [2.05, 4.69) is 21.0 Å². The van der Waals surface area contributed by atoms with E-state index in [0.29, 0.717) is 12.0 Å². The molecule has 3 heterocycles. The van der Waals surface area contributed by atoms with E-state index in [1.165, 1.54) is 24.9 Å². The van der Waals surface area contributed by atoms with Gasteiger partial charge in [-0.15, -0.1) is 0 Å². The number of pyridine rings is 1. The van der Waals surface area contributed by atoms with Gasteiger partial charge in [-0.05, 0) is 38.7 Å². The number of aliphatic hydroxyl groups is 1. The minimum Gasteiger partial charge on any atom is -0.390 e. The first-order chi connectivity index (χ1) is 11.1. The molecule has 1 N–H and O–H groups in total. The van der Waals surface area contributed by atoms with Gasteiger partial charge in [-0.25, -0.2) is 4.98 Å². The molecule has 2 aromatic rings. The molecule has 0 radical (unpaired) electrons. The lowest BCUT2D eigenvalue weighted by molar-refractivity contribution is -0.0410. The Morgan fingerprint density at radius 3 is 2.96 bits per heavy atom. The molecule has 5 nitrogen and oxygen atoms in total. The number of anilines is 1. The van der Waals surface area contributed by atoms with Gasteiger partial charge in [0, 0.05) is 31.7 Å². The number of nitrogens with zero attached hydrogens (tertiary/aromatic N) is 4. The van der Waals surface area contributed by atoms with Crippen molar-refractivity contribution in [1.82, 2.24) is 14.8 Å². The van der Waals surface area contributed by atoms with Crippen molar-refractivity contribution in [3.63, 3.8) is 0 Å². The summed E-state index contributed by atoms with van der Waals surface area (Å²) in [4.78, 5) is 6.97. The van der Waals surface area contributed by atoms with Gasteiger partial charge in [-0.1, -0.05) is 12.8 Å². The Bertz CT molecular complexity index is 708. The van der Waals surface area contributed by atoms with Crippen LogP contribution in [-0.4, -0.2) is 38.1 Å². The van der Waals surface area contributed by atoms with Gasteiger partial charge in [0.15, 0.2) is 5.65 Å². The fourth-order valence-corrected chi connectivity index (χ4v) is 4.74. The predicted octanol–water partition coefficient (Wildman–Crippen LogP) is 2.88. The van der Waals surface area contributed by atoms with E-state index in [0.717, 1.165) is 36.8 Å². The Balaban J connectivity index is 1.72. The van der Waals surface area contributed by atoms with Gasteiger partial charge in [-0.3, -0.25) is 4.68 Å². The van der Waals surface area contributed by atoms with Crippen molar-refractivity contribution in [2.24, 2.45) is 13.0 Å².